The van der Waals surface area contributed by atoms with E-state index < -0.39 is 12.0 Å². The third kappa shape index (κ3) is 2.36. The fourth-order valence-corrected chi connectivity index (χ4v) is 3.59. The molecule has 98 valence electrons. The molecule has 18 heavy (non-hydrogen) atoms. The Bertz CT molecular complexity index is 477. The van der Waals surface area contributed by atoms with E-state index in [-0.39, 0.29) is 23.5 Å². The Morgan fingerprint density at radius 2 is 2.39 bits per heavy atom. The van der Waals surface area contributed by atoms with Crippen LogP contribution in [-0.4, -0.2) is 44.0 Å². The lowest BCUT2D eigenvalue weighted by Crippen LogP contribution is -2.44. The van der Waals surface area contributed by atoms with Gasteiger partial charge in [0.15, 0.2) is 0 Å². The van der Waals surface area contributed by atoms with Crippen LogP contribution < -0.4 is 5.73 Å². The monoisotopic (exact) mass is 287 g/mol. The fraction of sp³-hybridized carbons (Fsp3) is 0.500. The van der Waals surface area contributed by atoms with Gasteiger partial charge < -0.3 is 15.7 Å². The predicted molar refractivity (Wildman–Crippen MR) is 69.5 cm³/mol. The highest BCUT2D eigenvalue weighted by molar-refractivity contribution is 8.00. The van der Waals surface area contributed by atoms with Gasteiger partial charge in [-0.3, -0.25) is 4.79 Å². The van der Waals surface area contributed by atoms with E-state index in [0.29, 0.717) is 10.8 Å². The van der Waals surface area contributed by atoms with Gasteiger partial charge in [-0.25, -0.2) is 9.78 Å². The second-order valence-electron chi connectivity index (χ2n) is 3.83. The summed E-state index contributed by atoms with van der Waals surface area (Å²) >= 11 is 2.76. The van der Waals surface area contributed by atoms with Crippen LogP contribution in [0.5, 0.6) is 0 Å². The molecule has 3 N–H and O–H groups in total. The van der Waals surface area contributed by atoms with E-state index >= 15 is 0 Å². The smallest absolute Gasteiger partial charge is 0.327 e. The lowest BCUT2D eigenvalue weighted by atomic mass is 10.2. The number of hydrogen-bond acceptors (Lipinski definition) is 6. The molecule has 1 aliphatic rings. The minimum absolute atomic E-state index is 0.151. The molecular formula is C10H13N3O3S2. The molecular weight excluding hydrogens is 274 g/mol. The van der Waals surface area contributed by atoms with E-state index in [1.54, 1.807) is 5.38 Å². The Morgan fingerprint density at radius 1 is 1.67 bits per heavy atom. The van der Waals surface area contributed by atoms with Crippen molar-refractivity contribution < 1.29 is 14.7 Å². The van der Waals surface area contributed by atoms with Gasteiger partial charge in [-0.15, -0.1) is 23.1 Å². The first-order valence-corrected chi connectivity index (χ1v) is 7.29. The lowest BCUT2D eigenvalue weighted by Gasteiger charge is -2.23. The third-order valence-corrected chi connectivity index (χ3v) is 4.78. The van der Waals surface area contributed by atoms with Gasteiger partial charge >= 0.3 is 5.97 Å². The molecule has 0 aromatic carbocycles. The number of nitrogens with two attached hydrogens (primary N) is 1. The first kappa shape index (κ1) is 13.3. The summed E-state index contributed by atoms with van der Waals surface area (Å²) in [7, 11) is 0. The van der Waals surface area contributed by atoms with Crippen LogP contribution in [0.2, 0.25) is 0 Å². The Balaban J connectivity index is 2.23. The molecule has 0 aliphatic carbocycles. The zero-order chi connectivity index (χ0) is 13.3. The molecule has 0 spiro atoms. The zero-order valence-electron chi connectivity index (χ0n) is 9.70. The number of aromatic nitrogens is 1. The van der Waals surface area contributed by atoms with Crippen LogP contribution in [0.4, 0.5) is 0 Å². The molecule has 2 heterocycles. The van der Waals surface area contributed by atoms with E-state index in [1.807, 2.05) is 6.92 Å². The number of thiazole rings is 1. The summed E-state index contributed by atoms with van der Waals surface area (Å²) in [5.41, 5.74) is 5.72. The molecule has 0 bridgehead atoms. The largest absolute Gasteiger partial charge is 0.480 e. The average Bonchev–Trinajstić information content (AvgIpc) is 2.94. The van der Waals surface area contributed by atoms with Crippen molar-refractivity contribution in [1.29, 1.82) is 0 Å². The van der Waals surface area contributed by atoms with Gasteiger partial charge in [-0.2, -0.15) is 0 Å². The minimum Gasteiger partial charge on any atom is -0.480 e. The highest BCUT2D eigenvalue weighted by atomic mass is 32.2. The molecule has 1 aromatic heterocycles. The van der Waals surface area contributed by atoms with Crippen LogP contribution >= 0.6 is 23.1 Å². The topological polar surface area (TPSA) is 96.5 Å². The van der Waals surface area contributed by atoms with E-state index in [0.717, 1.165) is 0 Å². The van der Waals surface area contributed by atoms with Gasteiger partial charge in [0.1, 0.15) is 16.7 Å². The van der Waals surface area contributed by atoms with Crippen LogP contribution in [0.15, 0.2) is 5.38 Å². The van der Waals surface area contributed by atoms with Gasteiger partial charge in [0.05, 0.1) is 5.37 Å². The lowest BCUT2D eigenvalue weighted by molar-refractivity contribution is -0.141. The summed E-state index contributed by atoms with van der Waals surface area (Å²) in [6.07, 6.45) is 0. The fourth-order valence-electron chi connectivity index (χ4n) is 1.78. The third-order valence-electron chi connectivity index (χ3n) is 2.69. The second kappa shape index (κ2) is 5.25. The first-order chi connectivity index (χ1) is 8.54. The second-order valence-corrected chi connectivity index (χ2v) is 6.12. The van der Waals surface area contributed by atoms with E-state index in [4.69, 9.17) is 10.8 Å². The van der Waals surface area contributed by atoms with Crippen molar-refractivity contribution in [2.45, 2.75) is 24.9 Å². The van der Waals surface area contributed by atoms with Crippen molar-refractivity contribution in [2.24, 2.45) is 5.73 Å². The van der Waals surface area contributed by atoms with E-state index in [2.05, 4.69) is 4.98 Å². The van der Waals surface area contributed by atoms with Gasteiger partial charge in [-0.05, 0) is 6.92 Å². The molecule has 6 nitrogen and oxygen atoms in total. The van der Waals surface area contributed by atoms with Gasteiger partial charge in [0.2, 0.25) is 0 Å². The first-order valence-electron chi connectivity index (χ1n) is 5.36. The number of rotatable bonds is 3. The summed E-state index contributed by atoms with van der Waals surface area (Å²) in [6, 6.07) is -0.777. The standard InChI is InChI=1S/C10H13N3O3S2/c1-5-13(7(4-17-5)10(15)16)9(14)6-3-18-8(2-11)12-6/h3,5,7H,2,4,11H2,1H3,(H,15,16). The summed E-state index contributed by atoms with van der Waals surface area (Å²) in [6.45, 7) is 2.10. The molecule has 2 atom stereocenters. The molecule has 2 unspecified atom stereocenters. The molecule has 1 amide bonds. The maximum Gasteiger partial charge on any atom is 0.327 e. The van der Waals surface area contributed by atoms with Crippen LogP contribution in [0.25, 0.3) is 0 Å². The van der Waals surface area contributed by atoms with Gasteiger partial charge in [0.25, 0.3) is 5.91 Å². The number of nitrogens with zero attached hydrogens (tertiary/aromatic N) is 2. The number of carboxylic acids is 1. The highest BCUT2D eigenvalue weighted by Gasteiger charge is 2.40. The summed E-state index contributed by atoms with van der Waals surface area (Å²) in [5, 5.41) is 11.2. The number of carbonyl (C=O) groups is 2. The molecule has 0 radical (unpaired) electrons. The Hall–Kier alpha value is -1.12. The average molecular weight is 287 g/mol. The highest BCUT2D eigenvalue weighted by Crippen LogP contribution is 2.30. The molecule has 1 fully saturated rings. The molecule has 2 rings (SSSR count). The molecule has 1 saturated heterocycles. The van der Waals surface area contributed by atoms with Gasteiger partial charge in [0, 0.05) is 17.7 Å². The maximum atomic E-state index is 12.3. The summed E-state index contributed by atoms with van der Waals surface area (Å²) in [5.74, 6) is -0.902. The number of amides is 1. The van der Waals surface area contributed by atoms with E-state index in [9.17, 15) is 9.59 Å². The summed E-state index contributed by atoms with van der Waals surface area (Å²) in [4.78, 5) is 28.8. The number of hydrogen-bond donors (Lipinski definition) is 2. The Kier molecular flexibility index (Phi) is 3.88. The number of aliphatic carboxylic acids is 1. The van der Waals surface area contributed by atoms with Crippen LogP contribution in [-0.2, 0) is 11.3 Å². The van der Waals surface area contributed by atoms with Crippen molar-refractivity contribution in [2.75, 3.05) is 5.75 Å². The predicted octanol–water partition coefficient (Wildman–Crippen LogP) is 0.590. The molecule has 1 aliphatic heterocycles. The minimum atomic E-state index is -0.977. The zero-order valence-corrected chi connectivity index (χ0v) is 11.3. The summed E-state index contributed by atoms with van der Waals surface area (Å²) < 4.78 is 0. The van der Waals surface area contributed by atoms with Crippen molar-refractivity contribution >= 4 is 35.0 Å². The Labute approximate surface area is 112 Å². The Morgan fingerprint density at radius 3 is 2.94 bits per heavy atom. The van der Waals surface area contributed by atoms with Crippen molar-refractivity contribution in [3.8, 4) is 0 Å². The number of thioether (sulfide) groups is 1. The van der Waals surface area contributed by atoms with Gasteiger partial charge in [-0.1, -0.05) is 0 Å². The maximum absolute atomic E-state index is 12.3. The number of carboxylic acid groups (broad SMARTS) is 1. The van der Waals surface area contributed by atoms with Crippen molar-refractivity contribution in [3.63, 3.8) is 0 Å². The SMILES string of the molecule is CC1SCC(C(=O)O)N1C(=O)c1csc(CN)n1. The van der Waals surface area contributed by atoms with E-state index in [1.165, 1.54) is 28.0 Å². The van der Waals surface area contributed by atoms with Crippen molar-refractivity contribution in [3.05, 3.63) is 16.1 Å². The molecule has 8 heteroatoms. The quantitative estimate of drug-likeness (QED) is 0.844. The molecule has 0 saturated carbocycles. The number of carbonyl (C=O) groups excluding carboxylic acids is 1. The van der Waals surface area contributed by atoms with Crippen molar-refractivity contribution in [1.82, 2.24) is 9.88 Å². The van der Waals surface area contributed by atoms with Crippen LogP contribution in [0.3, 0.4) is 0 Å². The molecule has 1 aromatic rings. The normalized spacial score (nSPS) is 23.3. The van der Waals surface area contributed by atoms with Crippen LogP contribution in [0.1, 0.15) is 22.4 Å². The van der Waals surface area contributed by atoms with Crippen LogP contribution in [0, 0.1) is 0 Å².